The highest BCUT2D eigenvalue weighted by Crippen LogP contribution is 2.63. The third-order valence-corrected chi connectivity index (χ3v) is 5.81. The van der Waals surface area contributed by atoms with Crippen molar-refractivity contribution in [3.8, 4) is 0 Å². The fourth-order valence-corrected chi connectivity index (χ4v) is 5.41. The van der Waals surface area contributed by atoms with Crippen molar-refractivity contribution < 1.29 is 4.79 Å². The van der Waals surface area contributed by atoms with Gasteiger partial charge in [0.2, 0.25) is 5.91 Å². The summed E-state index contributed by atoms with van der Waals surface area (Å²) in [6.07, 6.45) is 7.14. The zero-order chi connectivity index (χ0) is 9.99. The van der Waals surface area contributed by atoms with E-state index in [4.69, 9.17) is 0 Å². The number of fused-ring (bicyclic) bond motifs is 8. The van der Waals surface area contributed by atoms with Gasteiger partial charge < -0.3 is 5.32 Å². The molecule has 6 atom stereocenters. The van der Waals surface area contributed by atoms with E-state index in [1.54, 1.807) is 0 Å². The molecule has 2 heteroatoms. The Morgan fingerprint density at radius 1 is 0.933 bits per heavy atom. The van der Waals surface area contributed by atoms with E-state index in [1.165, 1.54) is 32.1 Å². The molecule has 1 heterocycles. The van der Waals surface area contributed by atoms with Crippen molar-refractivity contribution in [2.24, 2.45) is 35.5 Å². The second kappa shape index (κ2) is 2.78. The molecular formula is C13H19NO. The van der Waals surface area contributed by atoms with Crippen LogP contribution in [0.25, 0.3) is 0 Å². The standard InChI is InChI=1S/C13H19NO/c15-13-12-10-5-9(11(12)6-14-13)7-3-1-2-4-8(7)10/h7-12H,1-6H2,(H,14,15). The molecular weight excluding hydrogens is 186 g/mol. The lowest BCUT2D eigenvalue weighted by atomic mass is 9.64. The van der Waals surface area contributed by atoms with Gasteiger partial charge in [-0.25, -0.2) is 0 Å². The molecule has 82 valence electrons. The van der Waals surface area contributed by atoms with E-state index < -0.39 is 0 Å². The molecule has 1 N–H and O–H groups in total. The summed E-state index contributed by atoms with van der Waals surface area (Å²) in [4.78, 5) is 11.8. The number of carbonyl (C=O) groups is 1. The molecule has 0 aromatic heterocycles. The van der Waals surface area contributed by atoms with Crippen molar-refractivity contribution in [2.45, 2.75) is 32.1 Å². The monoisotopic (exact) mass is 205 g/mol. The van der Waals surface area contributed by atoms with Crippen LogP contribution in [0.2, 0.25) is 0 Å². The van der Waals surface area contributed by atoms with Gasteiger partial charge in [0.1, 0.15) is 0 Å². The number of amides is 1. The Morgan fingerprint density at radius 2 is 1.67 bits per heavy atom. The molecule has 2 bridgehead atoms. The highest BCUT2D eigenvalue weighted by atomic mass is 16.2. The van der Waals surface area contributed by atoms with Crippen molar-refractivity contribution in [3.63, 3.8) is 0 Å². The Hall–Kier alpha value is -0.530. The molecule has 4 rings (SSSR count). The van der Waals surface area contributed by atoms with Crippen LogP contribution in [0.4, 0.5) is 0 Å². The van der Waals surface area contributed by atoms with Crippen LogP contribution in [0.15, 0.2) is 0 Å². The summed E-state index contributed by atoms with van der Waals surface area (Å²) < 4.78 is 0. The summed E-state index contributed by atoms with van der Waals surface area (Å²) in [7, 11) is 0. The maximum Gasteiger partial charge on any atom is 0.223 e. The number of hydrogen-bond donors (Lipinski definition) is 1. The van der Waals surface area contributed by atoms with E-state index in [-0.39, 0.29) is 0 Å². The maximum atomic E-state index is 11.8. The highest BCUT2D eigenvalue weighted by molar-refractivity contribution is 5.82. The second-order valence-electron chi connectivity index (χ2n) is 6.11. The van der Waals surface area contributed by atoms with Crippen LogP contribution < -0.4 is 5.32 Å². The second-order valence-corrected chi connectivity index (χ2v) is 6.11. The average Bonchev–Trinajstić information content (AvgIpc) is 2.90. The van der Waals surface area contributed by atoms with Gasteiger partial charge >= 0.3 is 0 Å². The predicted octanol–water partition coefficient (Wildman–Crippen LogP) is 1.80. The zero-order valence-corrected chi connectivity index (χ0v) is 9.11. The molecule has 0 radical (unpaired) electrons. The van der Waals surface area contributed by atoms with E-state index in [9.17, 15) is 4.79 Å². The van der Waals surface area contributed by atoms with Crippen LogP contribution >= 0.6 is 0 Å². The first-order chi connectivity index (χ1) is 7.36. The summed E-state index contributed by atoms with van der Waals surface area (Å²) >= 11 is 0. The van der Waals surface area contributed by atoms with Gasteiger partial charge in [-0.2, -0.15) is 0 Å². The van der Waals surface area contributed by atoms with Gasteiger partial charge in [-0.15, -0.1) is 0 Å². The van der Waals surface area contributed by atoms with Gasteiger partial charge in [0, 0.05) is 12.5 Å². The topological polar surface area (TPSA) is 29.1 Å². The van der Waals surface area contributed by atoms with Gasteiger partial charge in [-0.1, -0.05) is 12.8 Å². The molecule has 4 fully saturated rings. The number of rotatable bonds is 0. The van der Waals surface area contributed by atoms with Crippen LogP contribution in [0, 0.1) is 35.5 Å². The quantitative estimate of drug-likeness (QED) is 0.642. The number of carbonyl (C=O) groups excluding carboxylic acids is 1. The molecule has 0 aromatic carbocycles. The molecule has 0 aromatic rings. The lowest BCUT2D eigenvalue weighted by molar-refractivity contribution is -0.125. The Labute approximate surface area is 90.8 Å². The molecule has 15 heavy (non-hydrogen) atoms. The highest BCUT2D eigenvalue weighted by Gasteiger charge is 2.61. The minimum atomic E-state index is 0.386. The van der Waals surface area contributed by atoms with Crippen molar-refractivity contribution in [2.75, 3.05) is 6.54 Å². The SMILES string of the molecule is O=C1NCC2C3CC(C4CCCCC34)C12. The first kappa shape index (κ1) is 8.60. The molecule has 1 saturated heterocycles. The fraction of sp³-hybridized carbons (Fsp3) is 0.923. The summed E-state index contributed by atoms with van der Waals surface area (Å²) in [6, 6.07) is 0. The maximum absolute atomic E-state index is 11.8. The van der Waals surface area contributed by atoms with Crippen LogP contribution in [0.1, 0.15) is 32.1 Å². The molecule has 0 spiro atoms. The van der Waals surface area contributed by atoms with E-state index >= 15 is 0 Å². The zero-order valence-electron chi connectivity index (χ0n) is 9.11. The van der Waals surface area contributed by atoms with E-state index in [1.807, 2.05) is 0 Å². The molecule has 4 aliphatic rings. The first-order valence-corrected chi connectivity index (χ1v) is 6.64. The van der Waals surface area contributed by atoms with E-state index in [0.717, 1.165) is 36.1 Å². The van der Waals surface area contributed by atoms with Crippen LogP contribution in [-0.4, -0.2) is 12.5 Å². The van der Waals surface area contributed by atoms with Crippen LogP contribution in [0.5, 0.6) is 0 Å². The predicted molar refractivity (Wildman–Crippen MR) is 57.0 cm³/mol. The lowest BCUT2D eigenvalue weighted by Crippen LogP contribution is -2.37. The summed E-state index contributed by atoms with van der Waals surface area (Å²) in [5.74, 6) is 5.14. The normalized spacial score (nSPS) is 56.4. The van der Waals surface area contributed by atoms with E-state index in [2.05, 4.69) is 5.32 Å². The Bertz CT molecular complexity index is 314. The van der Waals surface area contributed by atoms with Gasteiger partial charge in [0.05, 0.1) is 0 Å². The fourth-order valence-electron chi connectivity index (χ4n) is 5.41. The van der Waals surface area contributed by atoms with Crippen LogP contribution in [-0.2, 0) is 4.79 Å². The minimum absolute atomic E-state index is 0.386. The van der Waals surface area contributed by atoms with Crippen molar-refractivity contribution in [3.05, 3.63) is 0 Å². The summed E-state index contributed by atoms with van der Waals surface area (Å²) in [5, 5.41) is 3.09. The molecule has 3 saturated carbocycles. The minimum Gasteiger partial charge on any atom is -0.356 e. The van der Waals surface area contributed by atoms with Crippen molar-refractivity contribution in [1.29, 1.82) is 0 Å². The van der Waals surface area contributed by atoms with Gasteiger partial charge in [0.25, 0.3) is 0 Å². The third kappa shape index (κ3) is 0.938. The smallest absolute Gasteiger partial charge is 0.223 e. The van der Waals surface area contributed by atoms with Gasteiger partial charge in [0.15, 0.2) is 0 Å². The largest absolute Gasteiger partial charge is 0.356 e. The summed E-state index contributed by atoms with van der Waals surface area (Å²) in [6.45, 7) is 0.994. The molecule has 1 aliphatic heterocycles. The molecule has 3 aliphatic carbocycles. The molecule has 2 nitrogen and oxygen atoms in total. The third-order valence-electron chi connectivity index (χ3n) is 5.81. The van der Waals surface area contributed by atoms with Gasteiger partial charge in [-0.3, -0.25) is 4.79 Å². The Morgan fingerprint density at radius 3 is 2.47 bits per heavy atom. The Balaban J connectivity index is 1.70. The number of hydrogen-bond acceptors (Lipinski definition) is 1. The number of nitrogens with one attached hydrogen (secondary N) is 1. The average molecular weight is 205 g/mol. The molecule has 1 amide bonds. The Kier molecular flexibility index (Phi) is 1.59. The lowest BCUT2D eigenvalue weighted by Gasteiger charge is -2.39. The van der Waals surface area contributed by atoms with Crippen molar-refractivity contribution >= 4 is 5.91 Å². The molecule has 6 unspecified atom stereocenters. The van der Waals surface area contributed by atoms with Crippen molar-refractivity contribution in [1.82, 2.24) is 5.32 Å². The van der Waals surface area contributed by atoms with Gasteiger partial charge in [-0.05, 0) is 48.9 Å². The first-order valence-electron chi connectivity index (χ1n) is 6.64. The van der Waals surface area contributed by atoms with E-state index in [0.29, 0.717) is 11.8 Å². The van der Waals surface area contributed by atoms with Crippen LogP contribution in [0.3, 0.4) is 0 Å². The summed E-state index contributed by atoms with van der Waals surface area (Å²) in [5.41, 5.74) is 0.